The van der Waals surface area contributed by atoms with E-state index in [-0.39, 0.29) is 38.9 Å². The van der Waals surface area contributed by atoms with Crippen LogP contribution in [0.1, 0.15) is 21.5 Å². The van der Waals surface area contributed by atoms with E-state index in [4.69, 9.17) is 21.1 Å². The lowest BCUT2D eigenvalue weighted by Gasteiger charge is -2.14. The van der Waals surface area contributed by atoms with Gasteiger partial charge in [-0.1, -0.05) is 11.6 Å². The number of rotatable bonds is 8. The van der Waals surface area contributed by atoms with Gasteiger partial charge in [0, 0.05) is 11.8 Å². The molecule has 1 amide bonds. The average Bonchev–Trinajstić information content (AvgIpc) is 2.92. The van der Waals surface area contributed by atoms with Crippen LogP contribution in [0.3, 0.4) is 0 Å². The van der Waals surface area contributed by atoms with Gasteiger partial charge in [0.25, 0.3) is 5.91 Å². The van der Waals surface area contributed by atoms with Crippen molar-refractivity contribution >= 4 is 40.9 Å². The molecule has 3 aromatic rings. The number of benzene rings is 3. The lowest BCUT2D eigenvalue weighted by Crippen LogP contribution is -2.13. The number of nitrogens with one attached hydrogen (secondary N) is 1. The van der Waals surface area contributed by atoms with Crippen molar-refractivity contribution in [2.24, 2.45) is 0 Å². The molecule has 206 valence electrons. The highest BCUT2D eigenvalue weighted by Gasteiger charge is 2.33. The molecule has 0 spiro atoms. The zero-order valence-electron chi connectivity index (χ0n) is 20.5. The van der Waals surface area contributed by atoms with Crippen LogP contribution in [-0.4, -0.2) is 31.0 Å². The van der Waals surface area contributed by atoms with E-state index in [2.05, 4.69) is 10.1 Å². The minimum absolute atomic E-state index is 0.0935. The van der Waals surface area contributed by atoms with Crippen LogP contribution < -0.4 is 14.8 Å². The molecule has 0 unspecified atom stereocenters. The maximum atomic E-state index is 13.0. The molecule has 0 radical (unpaired) electrons. The van der Waals surface area contributed by atoms with Crippen LogP contribution in [0.4, 0.5) is 24.5 Å². The fourth-order valence-electron chi connectivity index (χ4n) is 3.28. The lowest BCUT2D eigenvalue weighted by molar-refractivity contribution is -0.385. The van der Waals surface area contributed by atoms with Gasteiger partial charge in [-0.3, -0.25) is 14.9 Å². The number of amides is 1. The third-order valence-electron chi connectivity index (χ3n) is 5.19. The first-order valence-electron chi connectivity index (χ1n) is 10.9. The Morgan fingerprint density at radius 3 is 2.30 bits per heavy atom. The Morgan fingerprint density at radius 1 is 1.07 bits per heavy atom. The topological polar surface area (TPSA) is 141 Å². The van der Waals surface area contributed by atoms with Gasteiger partial charge in [-0.2, -0.15) is 18.4 Å². The number of alkyl halides is 3. The Bertz CT molecular complexity index is 1550. The second kappa shape index (κ2) is 12.2. The zero-order chi connectivity index (χ0) is 29.6. The summed E-state index contributed by atoms with van der Waals surface area (Å²) in [6.45, 7) is 0. The number of nitriles is 1. The average molecular weight is 576 g/mol. The Labute approximate surface area is 229 Å². The monoisotopic (exact) mass is 575 g/mol. The van der Waals surface area contributed by atoms with Gasteiger partial charge in [-0.05, 0) is 60.2 Å². The molecule has 0 heterocycles. The number of methoxy groups -OCH3 is 2. The Hall–Kier alpha value is -5.09. The molecule has 0 bridgehead atoms. The third-order valence-corrected chi connectivity index (χ3v) is 5.47. The molecule has 10 nitrogen and oxygen atoms in total. The first kappa shape index (κ1) is 29.5. The first-order chi connectivity index (χ1) is 18.9. The van der Waals surface area contributed by atoms with Crippen molar-refractivity contribution in [1.29, 1.82) is 5.26 Å². The second-order valence-electron chi connectivity index (χ2n) is 7.77. The number of nitro benzene ring substituents is 1. The number of carbonyl (C=O) groups excluding carboxylic acids is 2. The first-order valence-corrected chi connectivity index (χ1v) is 11.3. The van der Waals surface area contributed by atoms with Crippen LogP contribution in [0.15, 0.2) is 60.2 Å². The van der Waals surface area contributed by atoms with Crippen molar-refractivity contribution < 1.29 is 41.9 Å². The summed E-state index contributed by atoms with van der Waals surface area (Å²) in [6, 6.07) is 11.7. The van der Waals surface area contributed by atoms with Crippen LogP contribution in [0.5, 0.6) is 17.2 Å². The van der Waals surface area contributed by atoms with Crippen LogP contribution >= 0.6 is 11.6 Å². The number of hydrogen-bond acceptors (Lipinski definition) is 8. The van der Waals surface area contributed by atoms with Crippen LogP contribution in [0.2, 0.25) is 5.02 Å². The number of nitrogens with zero attached hydrogens (tertiary/aromatic N) is 2. The maximum Gasteiger partial charge on any atom is 0.416 e. The SMILES string of the molecule is COC(=O)c1ccc(NC(=O)/C(C#N)=C/c2cc(Cl)c(Oc3ccc(C(F)(F)F)cc3[N+](=O)[O-])c(OC)c2)cc1. The molecule has 3 rings (SSSR count). The van der Waals surface area contributed by atoms with E-state index in [0.717, 1.165) is 6.07 Å². The molecule has 0 aliphatic carbocycles. The fraction of sp³-hybridized carbons (Fsp3) is 0.115. The van der Waals surface area contributed by atoms with Gasteiger partial charge in [0.2, 0.25) is 5.75 Å². The maximum absolute atomic E-state index is 13.0. The highest BCUT2D eigenvalue weighted by molar-refractivity contribution is 6.32. The smallest absolute Gasteiger partial charge is 0.416 e. The van der Waals surface area contributed by atoms with Crippen molar-refractivity contribution in [2.75, 3.05) is 19.5 Å². The molecular weight excluding hydrogens is 559 g/mol. The summed E-state index contributed by atoms with van der Waals surface area (Å²) >= 11 is 6.28. The Morgan fingerprint density at radius 2 is 1.75 bits per heavy atom. The van der Waals surface area contributed by atoms with Crippen LogP contribution in [0.25, 0.3) is 6.08 Å². The van der Waals surface area contributed by atoms with Gasteiger partial charge in [-0.15, -0.1) is 0 Å². The van der Waals surface area contributed by atoms with Crippen molar-refractivity contribution in [3.05, 3.63) is 92.0 Å². The van der Waals surface area contributed by atoms with E-state index in [0.29, 0.717) is 12.1 Å². The molecule has 1 N–H and O–H groups in total. The van der Waals surface area contributed by atoms with Gasteiger partial charge in [0.05, 0.1) is 35.3 Å². The van der Waals surface area contributed by atoms with E-state index in [1.54, 1.807) is 6.07 Å². The predicted octanol–water partition coefficient (Wildman–Crippen LogP) is 6.40. The lowest BCUT2D eigenvalue weighted by atomic mass is 10.1. The normalized spacial score (nSPS) is 11.3. The van der Waals surface area contributed by atoms with Gasteiger partial charge in [-0.25, -0.2) is 4.79 Å². The number of carbonyl (C=O) groups is 2. The quantitative estimate of drug-likeness (QED) is 0.107. The van der Waals surface area contributed by atoms with Gasteiger partial charge in [0.1, 0.15) is 11.6 Å². The summed E-state index contributed by atoms with van der Waals surface area (Å²) in [7, 11) is 2.43. The molecule has 0 fully saturated rings. The number of halogens is 4. The number of ether oxygens (including phenoxy) is 3. The van der Waals surface area contributed by atoms with E-state index in [1.165, 1.54) is 56.7 Å². The number of anilines is 1. The van der Waals surface area contributed by atoms with E-state index < -0.39 is 40.0 Å². The number of hydrogen-bond donors (Lipinski definition) is 1. The van der Waals surface area contributed by atoms with Crippen LogP contribution in [-0.2, 0) is 15.7 Å². The largest absolute Gasteiger partial charge is 0.493 e. The molecule has 0 aromatic heterocycles. The second-order valence-corrected chi connectivity index (χ2v) is 8.17. The number of nitro groups is 1. The zero-order valence-corrected chi connectivity index (χ0v) is 21.3. The summed E-state index contributed by atoms with van der Waals surface area (Å²) in [4.78, 5) is 34.5. The van der Waals surface area contributed by atoms with Crippen molar-refractivity contribution in [2.45, 2.75) is 6.18 Å². The van der Waals surface area contributed by atoms with E-state index in [9.17, 15) is 38.1 Å². The molecule has 40 heavy (non-hydrogen) atoms. The van der Waals surface area contributed by atoms with E-state index >= 15 is 0 Å². The number of esters is 1. The summed E-state index contributed by atoms with van der Waals surface area (Å²) in [5.74, 6) is -2.23. The van der Waals surface area contributed by atoms with Gasteiger partial charge in [0.15, 0.2) is 11.5 Å². The molecule has 0 saturated heterocycles. The Kier molecular flexibility index (Phi) is 8.97. The van der Waals surface area contributed by atoms with Crippen LogP contribution in [0, 0.1) is 21.4 Å². The summed E-state index contributed by atoms with van der Waals surface area (Å²) in [5, 5.41) is 23.2. The highest BCUT2D eigenvalue weighted by atomic mass is 35.5. The minimum atomic E-state index is -4.82. The molecule has 0 aliphatic rings. The third kappa shape index (κ3) is 6.86. The van der Waals surface area contributed by atoms with Gasteiger partial charge >= 0.3 is 17.8 Å². The van der Waals surface area contributed by atoms with E-state index in [1.807, 2.05) is 0 Å². The van der Waals surface area contributed by atoms with Crippen molar-refractivity contribution in [1.82, 2.24) is 0 Å². The Balaban J connectivity index is 1.90. The molecular formula is C26H17ClF3N3O7. The minimum Gasteiger partial charge on any atom is -0.493 e. The van der Waals surface area contributed by atoms with Crippen molar-refractivity contribution in [3.8, 4) is 23.3 Å². The molecule has 3 aromatic carbocycles. The van der Waals surface area contributed by atoms with Crippen molar-refractivity contribution in [3.63, 3.8) is 0 Å². The predicted molar refractivity (Wildman–Crippen MR) is 136 cm³/mol. The highest BCUT2D eigenvalue weighted by Crippen LogP contribution is 2.43. The fourth-order valence-corrected chi connectivity index (χ4v) is 3.53. The molecule has 0 saturated carbocycles. The molecule has 0 atom stereocenters. The molecule has 0 aliphatic heterocycles. The van der Waals surface area contributed by atoms with Gasteiger partial charge < -0.3 is 19.5 Å². The molecule has 14 heteroatoms. The standard InChI is InChI=1S/C26H17ClF3N3O7/c1-38-22-11-14(9-16(13-31)24(34)32-18-6-3-15(4-7-18)25(35)39-2)10-19(27)23(22)40-21-8-5-17(26(28,29)30)12-20(21)33(36)37/h3-12H,1-2H3,(H,32,34)/b16-9+. The summed E-state index contributed by atoms with van der Waals surface area (Å²) in [6.07, 6.45) is -3.64. The summed E-state index contributed by atoms with van der Waals surface area (Å²) < 4.78 is 54.3. The summed E-state index contributed by atoms with van der Waals surface area (Å²) in [5.41, 5.74) is -1.81.